The number of amides is 1. The first kappa shape index (κ1) is 78.8. The normalized spacial score (nSPS) is 13.5. The fourth-order valence-electron chi connectivity index (χ4n) is 11.0. The first-order chi connectivity index (χ1) is 38.9. The van der Waals surface area contributed by atoms with Crippen molar-refractivity contribution in [2.75, 3.05) is 40.9 Å². The summed E-state index contributed by atoms with van der Waals surface area (Å²) in [6.45, 7) is 7.09. The summed E-state index contributed by atoms with van der Waals surface area (Å²) < 4.78 is 30.8. The van der Waals surface area contributed by atoms with Crippen molar-refractivity contribution in [1.29, 1.82) is 0 Å². The maximum atomic E-state index is 13.6. The number of phosphoric acid groups is 1. The van der Waals surface area contributed by atoms with Gasteiger partial charge in [-0.1, -0.05) is 341 Å². The van der Waals surface area contributed by atoms with Gasteiger partial charge in [-0.05, 0) is 31.8 Å². The van der Waals surface area contributed by atoms with Gasteiger partial charge in [0.15, 0.2) is 0 Å². The second kappa shape index (κ2) is 60.9. The molecule has 0 aromatic rings. The lowest BCUT2D eigenvalue weighted by atomic mass is 10.0. The lowest BCUT2D eigenvalue weighted by molar-refractivity contribution is -0.870. The average molecular weight is 1150 g/mol. The minimum Gasteiger partial charge on any atom is -0.456 e. The van der Waals surface area contributed by atoms with E-state index in [-0.39, 0.29) is 25.1 Å². The molecule has 2 N–H and O–H groups in total. The Bertz CT molecular complexity index is 1370. The fraction of sp³-hybridized carbons (Fsp3) is 0.943. The van der Waals surface area contributed by atoms with Gasteiger partial charge in [-0.25, -0.2) is 4.57 Å². The van der Waals surface area contributed by atoms with Gasteiger partial charge < -0.3 is 19.4 Å². The van der Waals surface area contributed by atoms with Crippen molar-refractivity contribution in [2.45, 2.75) is 386 Å². The number of unbranched alkanes of at least 4 members (excludes halogenated alkanes) is 50. The summed E-state index contributed by atoms with van der Waals surface area (Å²) in [7, 11) is 1.52. The molecule has 0 bridgehead atoms. The molecule has 0 aromatic heterocycles. The number of nitrogens with one attached hydrogen (secondary N) is 1. The third-order valence-electron chi connectivity index (χ3n) is 16.5. The van der Waals surface area contributed by atoms with Crippen LogP contribution in [0.15, 0.2) is 12.2 Å². The molecule has 1 amide bonds. The van der Waals surface area contributed by atoms with Crippen molar-refractivity contribution in [2.24, 2.45) is 0 Å². The molecule has 0 radical (unpaired) electrons. The van der Waals surface area contributed by atoms with Crippen molar-refractivity contribution in [3.63, 3.8) is 0 Å². The van der Waals surface area contributed by atoms with Gasteiger partial charge in [0.05, 0.1) is 33.8 Å². The van der Waals surface area contributed by atoms with Crippen molar-refractivity contribution >= 4 is 19.7 Å². The molecule has 9 nitrogen and oxygen atoms in total. The van der Waals surface area contributed by atoms with Crippen LogP contribution in [0.2, 0.25) is 0 Å². The molecule has 80 heavy (non-hydrogen) atoms. The summed E-state index contributed by atoms with van der Waals surface area (Å²) in [5, 5.41) is 3.07. The number of esters is 1. The number of carbonyl (C=O) groups is 2. The summed E-state index contributed by atoms with van der Waals surface area (Å²) in [4.78, 5) is 37.8. The number of rotatable bonds is 66. The second-order valence-electron chi connectivity index (χ2n) is 25.8. The number of carbonyl (C=O) groups excluding carboxylic acids is 2. The van der Waals surface area contributed by atoms with Crippen molar-refractivity contribution < 1.29 is 37.3 Å². The van der Waals surface area contributed by atoms with E-state index in [1.807, 2.05) is 27.2 Å². The van der Waals surface area contributed by atoms with E-state index in [1.54, 1.807) is 0 Å². The van der Waals surface area contributed by atoms with Gasteiger partial charge in [-0.2, -0.15) is 0 Å². The Balaban J connectivity index is 4.95. The summed E-state index contributed by atoms with van der Waals surface area (Å²) in [5.41, 5.74) is 0. The molecule has 0 saturated carbocycles. The number of likely N-dealkylation sites (N-methyl/N-ethyl adjacent to an activating group) is 1. The molecule has 0 aliphatic heterocycles. The first-order valence-electron chi connectivity index (χ1n) is 35.5. The smallest absolute Gasteiger partial charge is 0.456 e. The molecule has 476 valence electrons. The average Bonchev–Trinajstić information content (AvgIpc) is 3.42. The number of quaternary nitrogens is 1. The molecule has 3 atom stereocenters. The van der Waals surface area contributed by atoms with Crippen molar-refractivity contribution in [1.82, 2.24) is 5.32 Å². The number of allylic oxidation sites excluding steroid dienone is 1. The lowest BCUT2D eigenvalue weighted by Crippen LogP contribution is -2.47. The minimum atomic E-state index is -4.44. The first-order valence-corrected chi connectivity index (χ1v) is 37.0. The molecule has 0 aliphatic rings. The van der Waals surface area contributed by atoms with Gasteiger partial charge in [-0.15, -0.1) is 0 Å². The monoisotopic (exact) mass is 1150 g/mol. The van der Waals surface area contributed by atoms with Crippen LogP contribution in [-0.2, 0) is 27.9 Å². The minimum absolute atomic E-state index is 0.0460. The van der Waals surface area contributed by atoms with Gasteiger partial charge in [0.2, 0.25) is 5.91 Å². The number of hydrogen-bond acceptors (Lipinski definition) is 6. The molecule has 10 heteroatoms. The van der Waals surface area contributed by atoms with Crippen LogP contribution in [-0.4, -0.2) is 74.3 Å². The van der Waals surface area contributed by atoms with E-state index in [1.165, 1.54) is 283 Å². The van der Waals surface area contributed by atoms with Gasteiger partial charge >= 0.3 is 13.8 Å². The topological polar surface area (TPSA) is 111 Å². The van der Waals surface area contributed by atoms with Gasteiger partial charge in [-0.3, -0.25) is 18.6 Å². The zero-order chi connectivity index (χ0) is 58.6. The number of ether oxygens (including phenoxy) is 1. The van der Waals surface area contributed by atoms with Crippen LogP contribution >= 0.6 is 7.82 Å². The molecule has 3 unspecified atom stereocenters. The van der Waals surface area contributed by atoms with Crippen LogP contribution in [0.4, 0.5) is 0 Å². The van der Waals surface area contributed by atoms with Crippen molar-refractivity contribution in [3.05, 3.63) is 12.2 Å². The van der Waals surface area contributed by atoms with E-state index in [0.29, 0.717) is 23.9 Å². The van der Waals surface area contributed by atoms with E-state index in [2.05, 4.69) is 32.2 Å². The maximum absolute atomic E-state index is 13.6. The Morgan fingerprint density at radius 3 is 1.02 bits per heavy atom. The van der Waals surface area contributed by atoms with Crippen LogP contribution < -0.4 is 5.32 Å². The highest BCUT2D eigenvalue weighted by Gasteiger charge is 2.30. The summed E-state index contributed by atoms with van der Waals surface area (Å²) in [6.07, 6.45) is 72.3. The van der Waals surface area contributed by atoms with E-state index in [0.717, 1.165) is 57.8 Å². The van der Waals surface area contributed by atoms with Crippen LogP contribution in [0, 0.1) is 0 Å². The molecular formula is C70H140N2O7P+. The summed E-state index contributed by atoms with van der Waals surface area (Å²) in [6, 6.07) is -0.840. The van der Waals surface area contributed by atoms with E-state index in [9.17, 15) is 19.0 Å². The molecule has 0 aromatic carbocycles. The largest absolute Gasteiger partial charge is 0.472 e. The summed E-state index contributed by atoms with van der Waals surface area (Å²) in [5.74, 6) is -0.479. The third-order valence-corrected chi connectivity index (χ3v) is 17.5. The molecule has 0 spiro atoms. The number of hydrogen-bond donors (Lipinski definition) is 2. The van der Waals surface area contributed by atoms with E-state index in [4.69, 9.17) is 13.8 Å². The Morgan fingerprint density at radius 2 is 0.713 bits per heavy atom. The predicted molar refractivity (Wildman–Crippen MR) is 347 cm³/mol. The van der Waals surface area contributed by atoms with Gasteiger partial charge in [0.1, 0.15) is 19.3 Å². The zero-order valence-electron chi connectivity index (χ0n) is 54.6. The highest BCUT2D eigenvalue weighted by molar-refractivity contribution is 7.47. The van der Waals surface area contributed by atoms with Crippen LogP contribution in [0.3, 0.4) is 0 Å². The Kier molecular flexibility index (Phi) is 59.9. The van der Waals surface area contributed by atoms with Crippen LogP contribution in [0.5, 0.6) is 0 Å². The number of nitrogens with zero attached hydrogens (tertiary/aromatic N) is 1. The van der Waals surface area contributed by atoms with E-state index < -0.39 is 20.0 Å². The quantitative estimate of drug-likeness (QED) is 0.0205. The molecule has 0 aliphatic carbocycles. The highest BCUT2D eigenvalue weighted by atomic mass is 31.2. The predicted octanol–water partition coefficient (Wildman–Crippen LogP) is 22.3. The maximum Gasteiger partial charge on any atom is 0.472 e. The SMILES string of the molecule is CCCCCCCCCCCCC/C=C\C(OC(=O)CCCCCCCCCCCCCCCCCCCCCCCCCCCCC)C(COP(=O)(O)OCC[N+](C)(C)C)NC(=O)CCCCCCCCCCCCCCCC. The summed E-state index contributed by atoms with van der Waals surface area (Å²) >= 11 is 0. The Morgan fingerprint density at radius 1 is 0.425 bits per heavy atom. The fourth-order valence-corrected chi connectivity index (χ4v) is 11.7. The van der Waals surface area contributed by atoms with Gasteiger partial charge in [0.25, 0.3) is 0 Å². The zero-order valence-corrected chi connectivity index (χ0v) is 55.5. The van der Waals surface area contributed by atoms with Crippen molar-refractivity contribution in [3.8, 4) is 0 Å². The lowest BCUT2D eigenvalue weighted by Gasteiger charge is -2.27. The number of phosphoric ester groups is 1. The molecule has 0 heterocycles. The van der Waals surface area contributed by atoms with Crippen LogP contribution in [0.1, 0.15) is 374 Å². The highest BCUT2D eigenvalue weighted by Crippen LogP contribution is 2.43. The standard InChI is InChI=1S/C70H139N2O7P/c1-7-10-13-16-19-22-25-28-30-31-32-33-34-35-36-37-38-39-40-41-42-45-48-51-54-57-60-63-70(74)79-68(61-58-55-52-49-46-43-27-24-21-18-15-12-9-3)67(66-78-80(75,76)77-65-64-72(4,5)6)71-69(73)62-59-56-53-50-47-44-29-26-23-20-17-14-11-8-2/h58,61,67-68H,7-57,59-60,62-66H2,1-6H3,(H-,71,73,75,76)/p+1/b61-58-. The molecule has 0 saturated heterocycles. The van der Waals surface area contributed by atoms with Crippen LogP contribution in [0.25, 0.3) is 0 Å². The third kappa shape index (κ3) is 61.3. The molecule has 0 fully saturated rings. The second-order valence-corrected chi connectivity index (χ2v) is 27.2. The Hall–Kier alpha value is -1.25. The van der Waals surface area contributed by atoms with E-state index >= 15 is 0 Å². The molecule has 0 rings (SSSR count). The van der Waals surface area contributed by atoms with Gasteiger partial charge in [0, 0.05) is 12.8 Å². The molecular weight excluding hydrogens is 1010 g/mol. The Labute approximate surface area is 499 Å².